The minimum absolute atomic E-state index is 0.194. The number of hydrogen-bond acceptors (Lipinski definition) is 2. The van der Waals surface area contributed by atoms with Crippen LogP contribution in [0.1, 0.15) is 42.6 Å². The summed E-state index contributed by atoms with van der Waals surface area (Å²) in [5.74, 6) is -0.194. The maximum Gasteiger partial charge on any atom is 0.338 e. The van der Waals surface area contributed by atoms with Crippen molar-refractivity contribution in [1.29, 1.82) is 0 Å². The van der Waals surface area contributed by atoms with E-state index in [4.69, 9.17) is 4.74 Å². The van der Waals surface area contributed by atoms with Crippen LogP contribution in [-0.2, 0) is 11.2 Å². The van der Waals surface area contributed by atoms with E-state index in [2.05, 4.69) is 6.92 Å². The molecule has 0 unspecified atom stereocenters. The molecule has 82 valence electrons. The highest BCUT2D eigenvalue weighted by Crippen LogP contribution is 2.12. The Balaban J connectivity index is 2.77. The first-order valence-electron chi connectivity index (χ1n) is 5.54. The van der Waals surface area contributed by atoms with Crippen LogP contribution in [0, 0.1) is 0 Å². The third kappa shape index (κ3) is 3.39. The SMILES string of the molecule is CCCOC(=O)c1ccccc1CCC. The van der Waals surface area contributed by atoms with Crippen LogP contribution in [0.4, 0.5) is 0 Å². The molecular formula is C13H18O2. The molecule has 1 rings (SSSR count). The van der Waals surface area contributed by atoms with E-state index in [1.807, 2.05) is 31.2 Å². The van der Waals surface area contributed by atoms with Gasteiger partial charge < -0.3 is 4.74 Å². The minimum Gasteiger partial charge on any atom is -0.462 e. The van der Waals surface area contributed by atoms with Gasteiger partial charge in [0.1, 0.15) is 0 Å². The number of benzene rings is 1. The van der Waals surface area contributed by atoms with Crippen molar-refractivity contribution in [1.82, 2.24) is 0 Å². The number of rotatable bonds is 5. The van der Waals surface area contributed by atoms with Gasteiger partial charge in [0.05, 0.1) is 12.2 Å². The smallest absolute Gasteiger partial charge is 0.338 e. The van der Waals surface area contributed by atoms with Gasteiger partial charge in [-0.2, -0.15) is 0 Å². The van der Waals surface area contributed by atoms with E-state index in [-0.39, 0.29) is 5.97 Å². The van der Waals surface area contributed by atoms with Crippen LogP contribution in [0.25, 0.3) is 0 Å². The quantitative estimate of drug-likeness (QED) is 0.691. The molecule has 15 heavy (non-hydrogen) atoms. The zero-order valence-corrected chi connectivity index (χ0v) is 9.45. The Kier molecular flexibility index (Phi) is 4.88. The molecule has 0 fully saturated rings. The molecule has 0 heterocycles. The Morgan fingerprint density at radius 3 is 2.60 bits per heavy atom. The van der Waals surface area contributed by atoms with Crippen molar-refractivity contribution in [3.8, 4) is 0 Å². The molecule has 0 saturated heterocycles. The molecule has 0 bridgehead atoms. The van der Waals surface area contributed by atoms with Gasteiger partial charge in [0.15, 0.2) is 0 Å². The molecule has 0 radical (unpaired) electrons. The van der Waals surface area contributed by atoms with Crippen LogP contribution in [0.3, 0.4) is 0 Å². The summed E-state index contributed by atoms with van der Waals surface area (Å²) in [4.78, 5) is 11.7. The van der Waals surface area contributed by atoms with Gasteiger partial charge in [-0.1, -0.05) is 38.5 Å². The van der Waals surface area contributed by atoms with Crippen molar-refractivity contribution in [3.05, 3.63) is 35.4 Å². The van der Waals surface area contributed by atoms with Gasteiger partial charge in [0.2, 0.25) is 0 Å². The first-order valence-corrected chi connectivity index (χ1v) is 5.54. The number of aryl methyl sites for hydroxylation is 1. The summed E-state index contributed by atoms with van der Waals surface area (Å²) in [5, 5.41) is 0. The first-order chi connectivity index (χ1) is 7.29. The van der Waals surface area contributed by atoms with Crippen molar-refractivity contribution in [2.24, 2.45) is 0 Å². The molecule has 0 N–H and O–H groups in total. The van der Waals surface area contributed by atoms with E-state index < -0.39 is 0 Å². The molecule has 0 aliphatic heterocycles. The van der Waals surface area contributed by atoms with E-state index in [1.54, 1.807) is 0 Å². The molecule has 0 saturated carbocycles. The van der Waals surface area contributed by atoms with E-state index in [0.29, 0.717) is 12.2 Å². The second-order valence-electron chi connectivity index (χ2n) is 3.54. The summed E-state index contributed by atoms with van der Waals surface area (Å²) >= 11 is 0. The number of esters is 1. The average Bonchev–Trinajstić information content (AvgIpc) is 2.27. The molecule has 1 aromatic rings. The van der Waals surface area contributed by atoms with Crippen molar-refractivity contribution < 1.29 is 9.53 Å². The van der Waals surface area contributed by atoms with Gasteiger partial charge in [0.25, 0.3) is 0 Å². The third-order valence-electron chi connectivity index (χ3n) is 2.19. The number of ether oxygens (including phenoxy) is 1. The molecule has 0 spiro atoms. The summed E-state index contributed by atoms with van der Waals surface area (Å²) in [6.45, 7) is 4.60. The summed E-state index contributed by atoms with van der Waals surface area (Å²) in [6.07, 6.45) is 2.83. The summed E-state index contributed by atoms with van der Waals surface area (Å²) in [6, 6.07) is 7.66. The number of hydrogen-bond donors (Lipinski definition) is 0. The summed E-state index contributed by atoms with van der Waals surface area (Å²) in [5.41, 5.74) is 1.80. The van der Waals surface area contributed by atoms with Crippen molar-refractivity contribution >= 4 is 5.97 Å². The van der Waals surface area contributed by atoms with Crippen molar-refractivity contribution in [2.75, 3.05) is 6.61 Å². The Labute approximate surface area is 91.3 Å². The molecule has 0 amide bonds. The van der Waals surface area contributed by atoms with Gasteiger partial charge in [0, 0.05) is 0 Å². The highest BCUT2D eigenvalue weighted by atomic mass is 16.5. The zero-order chi connectivity index (χ0) is 11.1. The molecule has 1 aromatic carbocycles. The maximum absolute atomic E-state index is 11.7. The summed E-state index contributed by atoms with van der Waals surface area (Å²) < 4.78 is 5.13. The van der Waals surface area contributed by atoms with Crippen LogP contribution < -0.4 is 0 Å². The standard InChI is InChI=1S/C13H18O2/c1-3-7-11-8-5-6-9-12(11)13(14)15-10-4-2/h5-6,8-9H,3-4,7,10H2,1-2H3. The fraction of sp³-hybridized carbons (Fsp3) is 0.462. The van der Waals surface area contributed by atoms with E-state index in [9.17, 15) is 4.79 Å². The second kappa shape index (κ2) is 6.23. The fourth-order valence-corrected chi connectivity index (χ4v) is 1.48. The summed E-state index contributed by atoms with van der Waals surface area (Å²) in [7, 11) is 0. The molecule has 0 aromatic heterocycles. The Bertz CT molecular complexity index is 318. The van der Waals surface area contributed by atoms with E-state index in [0.717, 1.165) is 24.8 Å². The number of carbonyl (C=O) groups is 1. The zero-order valence-electron chi connectivity index (χ0n) is 9.45. The lowest BCUT2D eigenvalue weighted by Gasteiger charge is -2.07. The Morgan fingerprint density at radius 2 is 1.93 bits per heavy atom. The monoisotopic (exact) mass is 206 g/mol. The third-order valence-corrected chi connectivity index (χ3v) is 2.19. The highest BCUT2D eigenvalue weighted by Gasteiger charge is 2.10. The largest absolute Gasteiger partial charge is 0.462 e. The lowest BCUT2D eigenvalue weighted by atomic mass is 10.0. The Morgan fingerprint density at radius 1 is 1.20 bits per heavy atom. The predicted octanol–water partition coefficient (Wildman–Crippen LogP) is 3.21. The lowest BCUT2D eigenvalue weighted by molar-refractivity contribution is 0.0504. The van der Waals surface area contributed by atoms with E-state index in [1.165, 1.54) is 0 Å². The van der Waals surface area contributed by atoms with Crippen LogP contribution >= 0.6 is 0 Å². The molecule has 0 aliphatic carbocycles. The molecule has 0 atom stereocenters. The fourth-order valence-electron chi connectivity index (χ4n) is 1.48. The van der Waals surface area contributed by atoms with Crippen LogP contribution in [0.2, 0.25) is 0 Å². The molecule has 0 aliphatic rings. The van der Waals surface area contributed by atoms with Gasteiger partial charge in [-0.05, 0) is 24.5 Å². The molecular weight excluding hydrogens is 188 g/mol. The predicted molar refractivity (Wildman–Crippen MR) is 61.0 cm³/mol. The molecule has 2 nitrogen and oxygen atoms in total. The van der Waals surface area contributed by atoms with Crippen molar-refractivity contribution in [3.63, 3.8) is 0 Å². The Hall–Kier alpha value is -1.31. The van der Waals surface area contributed by atoms with Crippen LogP contribution in [0.15, 0.2) is 24.3 Å². The van der Waals surface area contributed by atoms with Crippen LogP contribution in [-0.4, -0.2) is 12.6 Å². The van der Waals surface area contributed by atoms with Crippen LogP contribution in [0.5, 0.6) is 0 Å². The van der Waals surface area contributed by atoms with Gasteiger partial charge in [-0.15, -0.1) is 0 Å². The topological polar surface area (TPSA) is 26.3 Å². The normalized spacial score (nSPS) is 10.0. The van der Waals surface area contributed by atoms with E-state index >= 15 is 0 Å². The average molecular weight is 206 g/mol. The van der Waals surface area contributed by atoms with Gasteiger partial charge in [-0.25, -0.2) is 4.79 Å². The van der Waals surface area contributed by atoms with Crippen molar-refractivity contribution in [2.45, 2.75) is 33.1 Å². The van der Waals surface area contributed by atoms with Gasteiger partial charge in [-0.3, -0.25) is 0 Å². The minimum atomic E-state index is -0.194. The second-order valence-corrected chi connectivity index (χ2v) is 3.54. The van der Waals surface area contributed by atoms with Gasteiger partial charge >= 0.3 is 5.97 Å². The first kappa shape index (κ1) is 11.8. The highest BCUT2D eigenvalue weighted by molar-refractivity contribution is 5.91. The molecule has 2 heteroatoms. The lowest BCUT2D eigenvalue weighted by Crippen LogP contribution is -2.08. The maximum atomic E-state index is 11.7. The number of carbonyl (C=O) groups excluding carboxylic acids is 1.